The van der Waals surface area contributed by atoms with Crippen LogP contribution in [0.15, 0.2) is 24.3 Å². The number of benzene rings is 2. The second kappa shape index (κ2) is 16.0. The van der Waals surface area contributed by atoms with Crippen LogP contribution in [0.25, 0.3) is 0 Å². The molecule has 0 bridgehead atoms. The van der Waals surface area contributed by atoms with Crippen molar-refractivity contribution in [3.05, 3.63) is 57.6 Å². The van der Waals surface area contributed by atoms with E-state index in [9.17, 15) is 29.4 Å². The van der Waals surface area contributed by atoms with Gasteiger partial charge in [-0.15, -0.1) is 0 Å². The van der Waals surface area contributed by atoms with Crippen LogP contribution in [0.2, 0.25) is 0 Å². The lowest BCUT2D eigenvalue weighted by Crippen LogP contribution is -2.45. The molecule has 254 valence electrons. The number of carbonyl (C=O) groups excluding carboxylic acids is 4. The molecular formula is C36H52N2O8. The molecule has 0 heterocycles. The van der Waals surface area contributed by atoms with E-state index in [1.807, 2.05) is 79.7 Å². The summed E-state index contributed by atoms with van der Waals surface area (Å²) in [6.07, 6.45) is -0.213. The van der Waals surface area contributed by atoms with Gasteiger partial charge in [0, 0.05) is 12.8 Å². The highest BCUT2D eigenvalue weighted by Crippen LogP contribution is 2.35. The van der Waals surface area contributed by atoms with Crippen LogP contribution >= 0.6 is 0 Å². The van der Waals surface area contributed by atoms with Crippen molar-refractivity contribution >= 4 is 23.8 Å². The number of rotatable bonds is 12. The summed E-state index contributed by atoms with van der Waals surface area (Å²) in [6, 6.07) is 7.51. The van der Waals surface area contributed by atoms with E-state index in [-0.39, 0.29) is 48.3 Å². The summed E-state index contributed by atoms with van der Waals surface area (Å²) in [4.78, 5) is 49.3. The van der Waals surface area contributed by atoms with Crippen molar-refractivity contribution in [1.82, 2.24) is 10.6 Å². The van der Waals surface area contributed by atoms with Gasteiger partial charge in [-0.3, -0.25) is 19.2 Å². The first-order chi connectivity index (χ1) is 21.2. The molecule has 0 aromatic heterocycles. The number of esters is 2. The van der Waals surface area contributed by atoms with Crippen LogP contribution in [-0.4, -0.2) is 59.3 Å². The molecule has 0 saturated heterocycles. The van der Waals surface area contributed by atoms with Gasteiger partial charge in [0.2, 0.25) is 0 Å². The SMILES string of the molecule is Cc1cc(CCC(=O)OC(C)CNC(=O)C(=O)NCC(C)OC(=O)CCc2cc(C)c(O)c(C(C)(C)C)c2)cc(C(C)(C)C)c1O. The zero-order valence-electron chi connectivity index (χ0n) is 29.1. The number of phenols is 2. The molecule has 46 heavy (non-hydrogen) atoms. The summed E-state index contributed by atoms with van der Waals surface area (Å²) < 4.78 is 10.8. The first-order valence-electron chi connectivity index (χ1n) is 15.8. The summed E-state index contributed by atoms with van der Waals surface area (Å²) in [6.45, 7) is 18.8. The summed E-state index contributed by atoms with van der Waals surface area (Å²) in [5.74, 6) is -2.16. The van der Waals surface area contributed by atoms with E-state index in [1.165, 1.54) is 0 Å². The minimum absolute atomic E-state index is 0.0529. The van der Waals surface area contributed by atoms with Crippen LogP contribution in [0.3, 0.4) is 0 Å². The van der Waals surface area contributed by atoms with Crippen molar-refractivity contribution in [2.24, 2.45) is 0 Å². The van der Waals surface area contributed by atoms with E-state index in [0.29, 0.717) is 12.8 Å². The Balaban J connectivity index is 1.73. The zero-order valence-corrected chi connectivity index (χ0v) is 29.1. The van der Waals surface area contributed by atoms with Crippen LogP contribution in [0.5, 0.6) is 11.5 Å². The van der Waals surface area contributed by atoms with Gasteiger partial charge in [-0.2, -0.15) is 0 Å². The summed E-state index contributed by atoms with van der Waals surface area (Å²) in [5, 5.41) is 25.7. The fraction of sp³-hybridized carbons (Fsp3) is 0.556. The predicted octanol–water partition coefficient (Wildman–Crippen LogP) is 4.97. The van der Waals surface area contributed by atoms with Gasteiger partial charge in [-0.1, -0.05) is 65.8 Å². The molecule has 2 aromatic carbocycles. The highest BCUT2D eigenvalue weighted by atomic mass is 16.5. The molecule has 0 saturated carbocycles. The van der Waals surface area contributed by atoms with Gasteiger partial charge in [0.05, 0.1) is 13.1 Å². The number of hydrogen-bond acceptors (Lipinski definition) is 8. The summed E-state index contributed by atoms with van der Waals surface area (Å²) in [5.41, 5.74) is 4.44. The van der Waals surface area contributed by atoms with Crippen molar-refractivity contribution in [3.8, 4) is 11.5 Å². The van der Waals surface area contributed by atoms with Gasteiger partial charge in [-0.25, -0.2) is 0 Å². The van der Waals surface area contributed by atoms with E-state index in [2.05, 4.69) is 10.6 Å². The molecule has 10 nitrogen and oxygen atoms in total. The average molecular weight is 641 g/mol. The van der Waals surface area contributed by atoms with Crippen LogP contribution in [0, 0.1) is 13.8 Å². The second-order valence-electron chi connectivity index (χ2n) is 14.1. The van der Waals surface area contributed by atoms with Gasteiger partial charge in [-0.05, 0) is 84.7 Å². The van der Waals surface area contributed by atoms with Crippen molar-refractivity contribution < 1.29 is 38.9 Å². The molecule has 0 fully saturated rings. The van der Waals surface area contributed by atoms with Crippen molar-refractivity contribution in [2.45, 2.75) is 118 Å². The van der Waals surface area contributed by atoms with E-state index in [4.69, 9.17) is 9.47 Å². The number of aryl methyl sites for hydroxylation is 4. The molecule has 0 spiro atoms. The fourth-order valence-corrected chi connectivity index (χ4v) is 4.92. The van der Waals surface area contributed by atoms with Crippen molar-refractivity contribution in [3.63, 3.8) is 0 Å². The topological polar surface area (TPSA) is 151 Å². The molecule has 2 aromatic rings. The Bertz CT molecular complexity index is 1310. The molecule has 2 unspecified atom stereocenters. The molecule has 0 radical (unpaired) electrons. The lowest BCUT2D eigenvalue weighted by Gasteiger charge is -2.22. The van der Waals surface area contributed by atoms with Crippen molar-refractivity contribution in [2.75, 3.05) is 13.1 Å². The van der Waals surface area contributed by atoms with E-state index in [1.54, 1.807) is 13.8 Å². The molecule has 2 amide bonds. The Labute approximate surface area is 273 Å². The smallest absolute Gasteiger partial charge is 0.309 e. The maximum atomic E-state index is 12.4. The fourth-order valence-electron chi connectivity index (χ4n) is 4.92. The maximum Gasteiger partial charge on any atom is 0.309 e. The van der Waals surface area contributed by atoms with Gasteiger partial charge < -0.3 is 30.3 Å². The normalized spacial score (nSPS) is 13.0. The Hall–Kier alpha value is -4.08. The predicted molar refractivity (Wildman–Crippen MR) is 177 cm³/mol. The summed E-state index contributed by atoms with van der Waals surface area (Å²) >= 11 is 0. The minimum Gasteiger partial charge on any atom is -0.507 e. The number of carbonyl (C=O) groups is 4. The third-order valence-electron chi connectivity index (χ3n) is 7.54. The van der Waals surface area contributed by atoms with E-state index < -0.39 is 36.0 Å². The number of nitrogens with one attached hydrogen (secondary N) is 2. The first kappa shape index (κ1) is 38.1. The quantitative estimate of drug-likeness (QED) is 0.188. The van der Waals surface area contributed by atoms with Gasteiger partial charge >= 0.3 is 23.8 Å². The van der Waals surface area contributed by atoms with E-state index >= 15 is 0 Å². The van der Waals surface area contributed by atoms with Crippen LogP contribution < -0.4 is 10.6 Å². The molecule has 0 aliphatic heterocycles. The molecule has 2 atom stereocenters. The molecular weight excluding hydrogens is 588 g/mol. The van der Waals surface area contributed by atoms with Crippen LogP contribution in [-0.2, 0) is 52.3 Å². The standard InChI is InChI=1S/C36H52N2O8/c1-21-15-25(17-27(31(21)41)35(5,6)7)11-13-29(39)45-23(3)19-37-33(43)34(44)38-20-24(4)46-30(40)14-12-26-16-22(2)32(42)28(18-26)36(8,9)10/h15-18,23-24,41-42H,11-14,19-20H2,1-10H3,(H,37,43)(H,38,44). The van der Waals surface area contributed by atoms with Gasteiger partial charge in [0.1, 0.15) is 23.7 Å². The Kier molecular flexibility index (Phi) is 13.2. The monoisotopic (exact) mass is 640 g/mol. The third-order valence-corrected chi connectivity index (χ3v) is 7.54. The first-order valence-corrected chi connectivity index (χ1v) is 15.8. The number of phenolic OH excluding ortho intramolecular Hbond substituents is 2. The maximum absolute atomic E-state index is 12.4. The third kappa shape index (κ3) is 11.7. The largest absolute Gasteiger partial charge is 0.507 e. The highest BCUT2D eigenvalue weighted by Gasteiger charge is 2.23. The van der Waals surface area contributed by atoms with Gasteiger partial charge in [0.25, 0.3) is 0 Å². The Morgan fingerprint density at radius 3 is 1.28 bits per heavy atom. The molecule has 4 N–H and O–H groups in total. The molecule has 2 rings (SSSR count). The van der Waals surface area contributed by atoms with Crippen LogP contribution in [0.4, 0.5) is 0 Å². The highest BCUT2D eigenvalue weighted by molar-refractivity contribution is 6.35. The van der Waals surface area contributed by atoms with Gasteiger partial charge in [0.15, 0.2) is 0 Å². The number of aromatic hydroxyl groups is 2. The summed E-state index contributed by atoms with van der Waals surface area (Å²) in [7, 11) is 0. The Morgan fingerprint density at radius 2 is 0.978 bits per heavy atom. The molecule has 10 heteroatoms. The van der Waals surface area contributed by atoms with Crippen LogP contribution in [0.1, 0.15) is 102 Å². The minimum atomic E-state index is -0.895. The van der Waals surface area contributed by atoms with E-state index in [0.717, 1.165) is 33.4 Å². The molecule has 0 aliphatic carbocycles. The average Bonchev–Trinajstić information content (AvgIpc) is 2.94. The zero-order chi connectivity index (χ0) is 35.0. The number of hydrogen-bond donors (Lipinski definition) is 4. The second-order valence-corrected chi connectivity index (χ2v) is 14.1. The van der Waals surface area contributed by atoms with Crippen molar-refractivity contribution in [1.29, 1.82) is 0 Å². The lowest BCUT2D eigenvalue weighted by atomic mass is 9.83. The molecule has 0 aliphatic rings. The number of ether oxygens (including phenoxy) is 2. The lowest BCUT2D eigenvalue weighted by molar-refractivity contribution is -0.150. The number of amides is 2. The Morgan fingerprint density at radius 1 is 0.652 bits per heavy atom.